The van der Waals surface area contributed by atoms with Gasteiger partial charge in [0.2, 0.25) is 0 Å². The van der Waals surface area contributed by atoms with Gasteiger partial charge in [-0.15, -0.1) is 11.3 Å². The van der Waals surface area contributed by atoms with Gasteiger partial charge >= 0.3 is 0 Å². The molecule has 0 aliphatic heterocycles. The van der Waals surface area contributed by atoms with Crippen molar-refractivity contribution in [2.45, 2.75) is 0 Å². The molecule has 0 radical (unpaired) electrons. The Labute approximate surface area is 330 Å². The van der Waals surface area contributed by atoms with Crippen molar-refractivity contribution in [2.24, 2.45) is 0 Å². The van der Waals surface area contributed by atoms with Crippen molar-refractivity contribution in [2.75, 3.05) is 0 Å². The van der Waals surface area contributed by atoms with E-state index in [0.717, 1.165) is 77.3 Å². The summed E-state index contributed by atoms with van der Waals surface area (Å²) in [5.74, 6) is 1.71. The zero-order valence-electron chi connectivity index (χ0n) is 30.3. The number of furan rings is 2. The fraction of sp³-hybridized carbons (Fsp3) is 0. The SMILES string of the molecule is c1ccc(-c2cccc3c2oc2cc(-c4nc(-c5ccc(-c6cccc7c6sc6ccccc67)cc5)nc(-c5ccc6c(c5)oc5ccccc56)n4)ccc23)cc1. The van der Waals surface area contributed by atoms with E-state index in [1.54, 1.807) is 0 Å². The molecular weight excluding hydrogens is 719 g/mol. The monoisotopic (exact) mass is 747 g/mol. The lowest BCUT2D eigenvalue weighted by atomic mass is 10.0. The van der Waals surface area contributed by atoms with Gasteiger partial charge in [-0.3, -0.25) is 0 Å². The molecule has 0 amide bonds. The number of nitrogens with zero attached hydrogens (tertiary/aromatic N) is 3. The van der Waals surface area contributed by atoms with Gasteiger partial charge in [-0.25, -0.2) is 15.0 Å². The molecule has 8 aromatic carbocycles. The van der Waals surface area contributed by atoms with Gasteiger partial charge in [-0.2, -0.15) is 0 Å². The highest BCUT2D eigenvalue weighted by molar-refractivity contribution is 7.26. The molecule has 0 saturated heterocycles. The predicted octanol–water partition coefficient (Wildman–Crippen LogP) is 14.4. The van der Waals surface area contributed by atoms with Gasteiger partial charge in [-0.1, -0.05) is 140 Å². The Morgan fingerprint density at radius 3 is 1.63 bits per heavy atom. The first-order valence-corrected chi connectivity index (χ1v) is 19.7. The number of rotatable bonds is 5. The summed E-state index contributed by atoms with van der Waals surface area (Å²) in [4.78, 5) is 15.3. The van der Waals surface area contributed by atoms with Crippen LogP contribution in [-0.2, 0) is 0 Å². The molecule has 0 spiro atoms. The third-order valence-electron chi connectivity index (χ3n) is 11.0. The highest BCUT2D eigenvalue weighted by atomic mass is 32.1. The average Bonchev–Trinajstić information content (AvgIpc) is 3.97. The van der Waals surface area contributed by atoms with E-state index in [-0.39, 0.29) is 0 Å². The second kappa shape index (κ2) is 12.6. The predicted molar refractivity (Wildman–Crippen MR) is 234 cm³/mol. The molecule has 0 aliphatic rings. The van der Waals surface area contributed by atoms with Crippen LogP contribution >= 0.6 is 11.3 Å². The molecule has 57 heavy (non-hydrogen) atoms. The van der Waals surface area contributed by atoms with Gasteiger partial charge in [0.1, 0.15) is 22.3 Å². The normalized spacial score (nSPS) is 11.9. The summed E-state index contributed by atoms with van der Waals surface area (Å²) in [6.45, 7) is 0. The first-order chi connectivity index (χ1) is 28.2. The highest BCUT2D eigenvalue weighted by Crippen LogP contribution is 2.41. The van der Waals surface area contributed by atoms with E-state index in [1.807, 2.05) is 47.7 Å². The Morgan fingerprint density at radius 1 is 0.333 bits per heavy atom. The van der Waals surface area contributed by atoms with Crippen molar-refractivity contribution < 1.29 is 8.83 Å². The van der Waals surface area contributed by atoms with Gasteiger partial charge in [0, 0.05) is 64.0 Å². The number of para-hydroxylation sites is 2. The van der Waals surface area contributed by atoms with Gasteiger partial charge in [-0.05, 0) is 53.1 Å². The lowest BCUT2D eigenvalue weighted by Gasteiger charge is -2.10. The number of hydrogen-bond acceptors (Lipinski definition) is 6. The topological polar surface area (TPSA) is 65.0 Å². The zero-order chi connectivity index (χ0) is 37.5. The Balaban J connectivity index is 1.00. The summed E-state index contributed by atoms with van der Waals surface area (Å²) in [5.41, 5.74) is 10.4. The van der Waals surface area contributed by atoms with Crippen molar-refractivity contribution in [1.29, 1.82) is 0 Å². The average molecular weight is 748 g/mol. The van der Waals surface area contributed by atoms with Crippen LogP contribution in [0.25, 0.3) is 120 Å². The molecular formula is C51H29N3O2S. The van der Waals surface area contributed by atoms with E-state index in [9.17, 15) is 0 Å². The molecule has 0 fully saturated rings. The van der Waals surface area contributed by atoms with Crippen LogP contribution in [0.15, 0.2) is 185 Å². The molecule has 4 heterocycles. The number of benzene rings is 8. The molecule has 4 aromatic heterocycles. The van der Waals surface area contributed by atoms with Crippen molar-refractivity contribution in [3.63, 3.8) is 0 Å². The van der Waals surface area contributed by atoms with E-state index in [1.165, 1.54) is 25.7 Å². The number of hydrogen-bond donors (Lipinski definition) is 0. The van der Waals surface area contributed by atoms with Gasteiger partial charge in [0.15, 0.2) is 17.5 Å². The molecule has 0 aliphatic carbocycles. The molecule has 0 N–H and O–H groups in total. The molecule has 266 valence electrons. The van der Waals surface area contributed by atoms with E-state index in [0.29, 0.717) is 17.5 Å². The maximum absolute atomic E-state index is 6.63. The Bertz CT molecular complexity index is 3530. The first kappa shape index (κ1) is 31.9. The Hall–Kier alpha value is -7.41. The molecule has 0 unspecified atom stereocenters. The molecule has 0 saturated carbocycles. The Morgan fingerprint density at radius 2 is 0.860 bits per heavy atom. The van der Waals surface area contributed by atoms with Crippen molar-refractivity contribution >= 4 is 75.4 Å². The minimum absolute atomic E-state index is 0.560. The van der Waals surface area contributed by atoms with Crippen molar-refractivity contribution in [3.8, 4) is 56.4 Å². The number of fused-ring (bicyclic) bond motifs is 9. The summed E-state index contributed by atoms with van der Waals surface area (Å²) in [5, 5.41) is 6.82. The quantitative estimate of drug-likeness (QED) is 0.175. The van der Waals surface area contributed by atoms with Gasteiger partial charge < -0.3 is 8.83 Å². The van der Waals surface area contributed by atoms with Crippen LogP contribution in [-0.4, -0.2) is 15.0 Å². The lowest BCUT2D eigenvalue weighted by molar-refractivity contribution is 0.669. The van der Waals surface area contributed by atoms with Gasteiger partial charge in [0.05, 0.1) is 0 Å². The summed E-state index contributed by atoms with van der Waals surface area (Å²) < 4.78 is 15.5. The van der Waals surface area contributed by atoms with Crippen LogP contribution in [0.5, 0.6) is 0 Å². The molecule has 12 rings (SSSR count). The minimum atomic E-state index is 0.560. The second-order valence-corrected chi connectivity index (χ2v) is 15.4. The van der Waals surface area contributed by atoms with Gasteiger partial charge in [0.25, 0.3) is 0 Å². The highest BCUT2D eigenvalue weighted by Gasteiger charge is 2.18. The summed E-state index contributed by atoms with van der Waals surface area (Å²) >= 11 is 1.84. The molecule has 6 heteroatoms. The molecule has 5 nitrogen and oxygen atoms in total. The summed E-state index contributed by atoms with van der Waals surface area (Å²) in [7, 11) is 0. The third kappa shape index (κ3) is 5.19. The van der Waals surface area contributed by atoms with E-state index in [2.05, 4.69) is 140 Å². The number of aromatic nitrogens is 3. The van der Waals surface area contributed by atoms with Crippen LogP contribution in [0.2, 0.25) is 0 Å². The summed E-state index contributed by atoms with van der Waals surface area (Å²) in [6, 6.07) is 60.9. The first-order valence-electron chi connectivity index (χ1n) is 18.9. The van der Waals surface area contributed by atoms with Crippen LogP contribution < -0.4 is 0 Å². The molecule has 0 bridgehead atoms. The van der Waals surface area contributed by atoms with Crippen LogP contribution in [0.3, 0.4) is 0 Å². The molecule has 0 atom stereocenters. The smallest absolute Gasteiger partial charge is 0.164 e. The van der Waals surface area contributed by atoms with E-state index < -0.39 is 0 Å². The van der Waals surface area contributed by atoms with E-state index >= 15 is 0 Å². The zero-order valence-corrected chi connectivity index (χ0v) is 31.1. The number of thiophene rings is 1. The molecule has 12 aromatic rings. The minimum Gasteiger partial charge on any atom is -0.456 e. The van der Waals surface area contributed by atoms with Crippen molar-refractivity contribution in [1.82, 2.24) is 15.0 Å². The second-order valence-electron chi connectivity index (χ2n) is 14.3. The lowest BCUT2D eigenvalue weighted by Crippen LogP contribution is -2.00. The fourth-order valence-electron chi connectivity index (χ4n) is 8.18. The van der Waals surface area contributed by atoms with Crippen molar-refractivity contribution in [3.05, 3.63) is 176 Å². The summed E-state index contributed by atoms with van der Waals surface area (Å²) in [6.07, 6.45) is 0. The van der Waals surface area contributed by atoms with E-state index in [4.69, 9.17) is 23.8 Å². The van der Waals surface area contributed by atoms with Crippen LogP contribution in [0, 0.1) is 0 Å². The largest absolute Gasteiger partial charge is 0.456 e. The third-order valence-corrected chi connectivity index (χ3v) is 12.2. The Kier molecular flexibility index (Phi) is 7.03. The van der Waals surface area contributed by atoms with Crippen LogP contribution in [0.4, 0.5) is 0 Å². The maximum Gasteiger partial charge on any atom is 0.164 e. The fourth-order valence-corrected chi connectivity index (χ4v) is 9.42. The maximum atomic E-state index is 6.63. The van der Waals surface area contributed by atoms with Crippen LogP contribution in [0.1, 0.15) is 0 Å². The standard InChI is InChI=1S/C51H29N3O2S/c1-2-10-30(11-3-1)35-14-8-16-41-39-27-25-34(29-45(39)56-47(35)41)51-53-49(52-50(54-51)33-24-26-38-37-12-4-6-18-43(37)55-44(38)28-33)32-22-20-31(21-23-32)36-15-9-17-42-40-13-5-7-19-46(40)57-48(36)42/h1-29H.